The van der Waals surface area contributed by atoms with Crippen LogP contribution >= 0.6 is 0 Å². The molecule has 1 aromatic carbocycles. The maximum Gasteiger partial charge on any atom is 0.388 e. The Morgan fingerprint density at radius 1 is 1.25 bits per heavy atom. The minimum Gasteiger partial charge on any atom is -0.505 e. The number of rotatable bonds is 2. The van der Waals surface area contributed by atoms with Crippen molar-refractivity contribution in [3.63, 3.8) is 0 Å². The second kappa shape index (κ2) is 4.36. The smallest absolute Gasteiger partial charge is 0.388 e. The Morgan fingerprint density at radius 3 is 2.44 bits per heavy atom. The Balaban J connectivity index is 2.45. The fourth-order valence-electron chi connectivity index (χ4n) is 2.61. The Hall–Kier alpha value is -1.82. The summed E-state index contributed by atoms with van der Waals surface area (Å²) < 4.78 is 0. The van der Waals surface area contributed by atoms with Gasteiger partial charge in [0.1, 0.15) is 0 Å². The van der Waals surface area contributed by atoms with Crippen molar-refractivity contribution in [1.29, 1.82) is 5.39 Å². The molecule has 0 heterocycles. The molecular formula is C13H15N2O+. The van der Waals surface area contributed by atoms with Crippen LogP contribution in [0, 0.1) is 5.39 Å². The van der Waals surface area contributed by atoms with E-state index in [1.165, 1.54) is 0 Å². The van der Waals surface area contributed by atoms with E-state index < -0.39 is 0 Å². The largest absolute Gasteiger partial charge is 0.505 e. The second-order valence-electron chi connectivity index (χ2n) is 4.29. The van der Waals surface area contributed by atoms with Gasteiger partial charge in [-0.25, -0.2) is 0 Å². The van der Waals surface area contributed by atoms with Gasteiger partial charge in [-0.2, -0.15) is 0 Å². The molecule has 1 fully saturated rings. The third kappa shape index (κ3) is 1.67. The summed E-state index contributed by atoms with van der Waals surface area (Å²) in [4.78, 5) is 2.94. The summed E-state index contributed by atoms with van der Waals surface area (Å²) in [6, 6.07) is 9.94. The highest BCUT2D eigenvalue weighted by atomic mass is 16.3. The lowest BCUT2D eigenvalue weighted by Gasteiger charge is -2.26. The van der Waals surface area contributed by atoms with Gasteiger partial charge in [-0.3, -0.25) is 0 Å². The minimum atomic E-state index is -0.340. The predicted molar refractivity (Wildman–Crippen MR) is 62.4 cm³/mol. The van der Waals surface area contributed by atoms with Crippen LogP contribution < -0.4 is 0 Å². The lowest BCUT2D eigenvalue weighted by Crippen LogP contribution is -2.24. The van der Waals surface area contributed by atoms with Gasteiger partial charge in [-0.1, -0.05) is 43.2 Å². The fraction of sp³-hybridized carbons (Fsp3) is 0.385. The molecule has 1 aromatic rings. The monoisotopic (exact) mass is 215 g/mol. The van der Waals surface area contributed by atoms with Crippen molar-refractivity contribution < 1.29 is 5.11 Å². The molecule has 1 saturated carbocycles. The second-order valence-corrected chi connectivity index (χ2v) is 4.29. The van der Waals surface area contributed by atoms with Gasteiger partial charge in [0.25, 0.3) is 0 Å². The maximum absolute atomic E-state index is 10.1. The normalized spacial score (nSPS) is 19.3. The fourth-order valence-corrected chi connectivity index (χ4v) is 2.61. The van der Waals surface area contributed by atoms with Crippen molar-refractivity contribution >= 4 is 0 Å². The molecule has 0 aromatic heterocycles. The van der Waals surface area contributed by atoms with Crippen LogP contribution in [0.1, 0.15) is 31.2 Å². The first-order valence-corrected chi connectivity index (χ1v) is 5.59. The lowest BCUT2D eigenvalue weighted by molar-refractivity contribution is 0.294. The average molecular weight is 215 g/mol. The van der Waals surface area contributed by atoms with Crippen LogP contribution in [-0.2, 0) is 5.41 Å². The molecule has 16 heavy (non-hydrogen) atoms. The van der Waals surface area contributed by atoms with Gasteiger partial charge in [0, 0.05) is 0 Å². The first kappa shape index (κ1) is 10.7. The highest BCUT2D eigenvalue weighted by molar-refractivity contribution is 5.35. The molecule has 3 heteroatoms. The number of allylic oxidation sites excluding steroid dienone is 1. The summed E-state index contributed by atoms with van der Waals surface area (Å²) in [5.74, 6) is 0.165. The van der Waals surface area contributed by atoms with E-state index >= 15 is 0 Å². The molecular weight excluding hydrogens is 200 g/mol. The van der Waals surface area contributed by atoms with E-state index in [1.807, 2.05) is 30.3 Å². The Labute approximate surface area is 95.0 Å². The molecule has 0 radical (unpaired) electrons. The van der Waals surface area contributed by atoms with Gasteiger partial charge in [0.15, 0.2) is 10.7 Å². The van der Waals surface area contributed by atoms with Crippen LogP contribution in [0.3, 0.4) is 0 Å². The molecule has 0 bridgehead atoms. The molecule has 0 amide bonds. The summed E-state index contributed by atoms with van der Waals surface area (Å²) in [7, 11) is 0. The van der Waals surface area contributed by atoms with Crippen molar-refractivity contribution in [2.75, 3.05) is 0 Å². The number of diazo groups is 1. The number of aliphatic hydroxyl groups excluding tert-OH is 1. The zero-order chi connectivity index (χ0) is 11.4. The van der Waals surface area contributed by atoms with Crippen LogP contribution in [0.15, 0.2) is 42.3 Å². The summed E-state index contributed by atoms with van der Waals surface area (Å²) in [5, 5.41) is 18.6. The van der Waals surface area contributed by atoms with Crippen molar-refractivity contribution in [2.45, 2.75) is 31.1 Å². The Morgan fingerprint density at radius 2 is 1.88 bits per heavy atom. The third-order valence-electron chi connectivity index (χ3n) is 3.45. The quantitative estimate of drug-likeness (QED) is 0.603. The van der Waals surface area contributed by atoms with E-state index in [4.69, 9.17) is 5.39 Å². The van der Waals surface area contributed by atoms with Crippen LogP contribution in [-0.4, -0.2) is 5.11 Å². The molecule has 1 aliphatic carbocycles. The standard InChI is InChI=1S/C13H14N2O/c14-15-10-12(16)13(8-4-5-9-13)11-6-2-1-3-7-11/h1-3,6-7,10H,4-5,8-9H2/p+1/b12-10-. The highest BCUT2D eigenvalue weighted by Crippen LogP contribution is 2.45. The number of hydrogen-bond acceptors (Lipinski definition) is 2. The first-order valence-electron chi connectivity index (χ1n) is 5.59. The Kier molecular flexibility index (Phi) is 2.91. The molecule has 2 rings (SSSR count). The topological polar surface area (TPSA) is 48.4 Å². The van der Waals surface area contributed by atoms with Gasteiger partial charge in [0.05, 0.1) is 5.41 Å². The van der Waals surface area contributed by atoms with Crippen molar-refractivity contribution in [1.82, 2.24) is 0 Å². The van der Waals surface area contributed by atoms with E-state index in [2.05, 4.69) is 4.98 Å². The highest BCUT2D eigenvalue weighted by Gasteiger charge is 2.41. The molecule has 0 saturated heterocycles. The average Bonchev–Trinajstić information content (AvgIpc) is 2.81. The molecule has 1 N–H and O–H groups in total. The molecule has 0 aliphatic heterocycles. The van der Waals surface area contributed by atoms with Gasteiger partial charge in [0.2, 0.25) is 5.39 Å². The predicted octanol–water partition coefficient (Wildman–Crippen LogP) is 3.75. The van der Waals surface area contributed by atoms with E-state index in [0.29, 0.717) is 0 Å². The lowest BCUT2D eigenvalue weighted by atomic mass is 9.77. The van der Waals surface area contributed by atoms with E-state index in [0.717, 1.165) is 37.4 Å². The van der Waals surface area contributed by atoms with Gasteiger partial charge in [-0.15, -0.1) is 0 Å². The van der Waals surface area contributed by atoms with Gasteiger partial charge in [-0.05, 0) is 18.4 Å². The SMILES string of the molecule is N#[N+]/C=C(\O)C1(c2ccccc2)CCCC1. The molecule has 0 atom stereocenters. The molecule has 1 aliphatic rings. The van der Waals surface area contributed by atoms with E-state index in [1.54, 1.807) is 0 Å². The van der Waals surface area contributed by atoms with Crippen LogP contribution in [0.5, 0.6) is 0 Å². The summed E-state index contributed by atoms with van der Waals surface area (Å²) >= 11 is 0. The maximum atomic E-state index is 10.1. The van der Waals surface area contributed by atoms with Gasteiger partial charge < -0.3 is 5.11 Å². The summed E-state index contributed by atoms with van der Waals surface area (Å²) in [5.41, 5.74) is 0.762. The van der Waals surface area contributed by atoms with E-state index in [9.17, 15) is 5.11 Å². The van der Waals surface area contributed by atoms with Crippen molar-refractivity contribution in [2.24, 2.45) is 0 Å². The van der Waals surface area contributed by atoms with Crippen LogP contribution in [0.2, 0.25) is 0 Å². The summed E-state index contributed by atoms with van der Waals surface area (Å²) in [6.45, 7) is 0. The van der Waals surface area contributed by atoms with Crippen molar-refractivity contribution in [3.05, 3.63) is 52.8 Å². The van der Waals surface area contributed by atoms with E-state index in [-0.39, 0.29) is 11.2 Å². The Bertz CT molecular complexity index is 425. The first-order chi connectivity index (χ1) is 7.79. The molecule has 0 spiro atoms. The molecule has 0 unspecified atom stereocenters. The summed E-state index contributed by atoms with van der Waals surface area (Å²) in [6.07, 6.45) is 5.17. The zero-order valence-electron chi connectivity index (χ0n) is 9.13. The number of aliphatic hydroxyl groups is 1. The molecule has 3 nitrogen and oxygen atoms in total. The number of benzene rings is 1. The number of nitrogens with zero attached hydrogens (tertiary/aromatic N) is 2. The van der Waals surface area contributed by atoms with Crippen LogP contribution in [0.25, 0.3) is 4.98 Å². The third-order valence-corrected chi connectivity index (χ3v) is 3.45. The molecule has 82 valence electrons. The van der Waals surface area contributed by atoms with Crippen molar-refractivity contribution in [3.8, 4) is 0 Å². The van der Waals surface area contributed by atoms with Crippen LogP contribution in [0.4, 0.5) is 0 Å². The van der Waals surface area contributed by atoms with Gasteiger partial charge >= 0.3 is 6.20 Å². The minimum absolute atomic E-state index is 0.165. The number of hydrogen-bond donors (Lipinski definition) is 1. The zero-order valence-corrected chi connectivity index (χ0v) is 9.13.